The molecule has 0 radical (unpaired) electrons. The number of rotatable bonds is 10. The van der Waals surface area contributed by atoms with E-state index < -0.39 is 18.1 Å². The van der Waals surface area contributed by atoms with Crippen molar-refractivity contribution >= 4 is 12.1 Å². The van der Waals surface area contributed by atoms with E-state index in [2.05, 4.69) is 17.4 Å². The third-order valence-corrected chi connectivity index (χ3v) is 5.04. The highest BCUT2D eigenvalue weighted by Gasteiger charge is 2.40. The van der Waals surface area contributed by atoms with Gasteiger partial charge in [0.25, 0.3) is 0 Å². The van der Waals surface area contributed by atoms with Crippen LogP contribution in [-0.2, 0) is 32.0 Å². The molecule has 1 amide bonds. The van der Waals surface area contributed by atoms with E-state index in [0.29, 0.717) is 0 Å². The Hall–Kier alpha value is -2.86. The summed E-state index contributed by atoms with van der Waals surface area (Å²) in [5, 5.41) is 2.61. The van der Waals surface area contributed by atoms with Crippen LogP contribution in [0.4, 0.5) is 4.79 Å². The van der Waals surface area contributed by atoms with E-state index in [9.17, 15) is 9.59 Å². The summed E-state index contributed by atoms with van der Waals surface area (Å²) in [5.74, 6) is -0.602. The molecular weight excluding hydrogens is 382 g/mol. The zero-order chi connectivity index (χ0) is 21.3. The van der Waals surface area contributed by atoms with Crippen LogP contribution in [0.3, 0.4) is 0 Å². The standard InChI is InChI=1S/C24H29NO5/c1-17(2)22(25-24(27)29-15-19-11-7-4-8-12-19)23(26)28-16-21-20(30-21)14-13-18-9-5-3-6-10-18/h3-12,17,20-22H,13-16H2,1-2H3,(H,25,27)/t20-,21+,22-/m0/s1. The van der Waals surface area contributed by atoms with Gasteiger partial charge in [0, 0.05) is 0 Å². The Bertz CT molecular complexity index is 809. The van der Waals surface area contributed by atoms with Crippen molar-refractivity contribution in [1.29, 1.82) is 0 Å². The molecule has 2 aromatic rings. The van der Waals surface area contributed by atoms with Gasteiger partial charge >= 0.3 is 12.1 Å². The van der Waals surface area contributed by atoms with Gasteiger partial charge < -0.3 is 19.5 Å². The van der Waals surface area contributed by atoms with Crippen molar-refractivity contribution in [3.63, 3.8) is 0 Å². The second-order valence-corrected chi connectivity index (χ2v) is 7.80. The van der Waals surface area contributed by atoms with Crippen LogP contribution in [0.2, 0.25) is 0 Å². The number of hydrogen-bond acceptors (Lipinski definition) is 5. The Labute approximate surface area is 177 Å². The summed E-state index contributed by atoms with van der Waals surface area (Å²) in [6, 6.07) is 18.8. The minimum Gasteiger partial charge on any atom is -0.461 e. The molecule has 6 nitrogen and oxygen atoms in total. The molecular formula is C24H29NO5. The van der Waals surface area contributed by atoms with Crippen molar-refractivity contribution in [1.82, 2.24) is 5.32 Å². The van der Waals surface area contributed by atoms with E-state index in [1.165, 1.54) is 5.56 Å². The van der Waals surface area contributed by atoms with Gasteiger partial charge in [0.15, 0.2) is 0 Å². The first-order valence-electron chi connectivity index (χ1n) is 10.4. The van der Waals surface area contributed by atoms with Gasteiger partial charge in [-0.15, -0.1) is 0 Å². The van der Waals surface area contributed by atoms with E-state index in [1.807, 2.05) is 62.4 Å². The molecule has 1 saturated heterocycles. The number of nitrogens with one attached hydrogen (secondary N) is 1. The van der Waals surface area contributed by atoms with Crippen LogP contribution in [0.15, 0.2) is 60.7 Å². The minimum atomic E-state index is -0.769. The highest BCUT2D eigenvalue weighted by atomic mass is 16.6. The van der Waals surface area contributed by atoms with Crippen LogP contribution < -0.4 is 5.32 Å². The maximum atomic E-state index is 12.5. The van der Waals surface area contributed by atoms with Crippen LogP contribution in [0.5, 0.6) is 0 Å². The minimum absolute atomic E-state index is 0.0736. The number of aryl methyl sites for hydroxylation is 1. The molecule has 1 N–H and O–H groups in total. The van der Waals surface area contributed by atoms with Gasteiger partial charge in [0.05, 0.1) is 6.10 Å². The van der Waals surface area contributed by atoms with E-state index in [-0.39, 0.29) is 31.3 Å². The molecule has 160 valence electrons. The van der Waals surface area contributed by atoms with Crippen molar-refractivity contribution in [3.8, 4) is 0 Å². The number of ether oxygens (including phenoxy) is 3. The smallest absolute Gasteiger partial charge is 0.408 e. The number of epoxide rings is 1. The lowest BCUT2D eigenvalue weighted by atomic mass is 10.1. The Morgan fingerprint density at radius 1 is 0.933 bits per heavy atom. The van der Waals surface area contributed by atoms with Gasteiger partial charge in [0.1, 0.15) is 25.4 Å². The van der Waals surface area contributed by atoms with Crippen molar-refractivity contribution in [2.24, 2.45) is 5.92 Å². The zero-order valence-corrected chi connectivity index (χ0v) is 17.5. The summed E-state index contributed by atoms with van der Waals surface area (Å²) in [7, 11) is 0. The number of amides is 1. The van der Waals surface area contributed by atoms with Gasteiger partial charge in [-0.3, -0.25) is 0 Å². The summed E-state index contributed by atoms with van der Waals surface area (Å²) in [5.41, 5.74) is 2.14. The van der Waals surface area contributed by atoms with Crippen molar-refractivity contribution < 1.29 is 23.8 Å². The fourth-order valence-electron chi connectivity index (χ4n) is 3.18. The first-order chi connectivity index (χ1) is 14.5. The Balaban J connectivity index is 1.37. The lowest BCUT2D eigenvalue weighted by molar-refractivity contribution is -0.147. The van der Waals surface area contributed by atoms with Crippen molar-refractivity contribution in [2.75, 3.05) is 6.61 Å². The highest BCUT2D eigenvalue weighted by Crippen LogP contribution is 2.27. The van der Waals surface area contributed by atoms with Crippen LogP contribution in [0.25, 0.3) is 0 Å². The maximum Gasteiger partial charge on any atom is 0.408 e. The van der Waals surface area contributed by atoms with Crippen LogP contribution in [-0.4, -0.2) is 36.9 Å². The molecule has 6 heteroatoms. The van der Waals surface area contributed by atoms with Crippen molar-refractivity contribution in [3.05, 3.63) is 71.8 Å². The molecule has 3 atom stereocenters. The lowest BCUT2D eigenvalue weighted by Crippen LogP contribution is -2.45. The van der Waals surface area contributed by atoms with E-state index in [4.69, 9.17) is 14.2 Å². The molecule has 0 aliphatic carbocycles. The summed E-state index contributed by atoms with van der Waals surface area (Å²) >= 11 is 0. The average molecular weight is 411 g/mol. The molecule has 1 aliphatic heterocycles. The molecule has 0 saturated carbocycles. The molecule has 0 unspecified atom stereocenters. The zero-order valence-electron chi connectivity index (χ0n) is 17.5. The predicted molar refractivity (Wildman–Crippen MR) is 113 cm³/mol. The van der Waals surface area contributed by atoms with Crippen LogP contribution >= 0.6 is 0 Å². The first-order valence-corrected chi connectivity index (χ1v) is 10.4. The van der Waals surface area contributed by atoms with Crippen LogP contribution in [0.1, 0.15) is 31.4 Å². The molecule has 0 bridgehead atoms. The van der Waals surface area contributed by atoms with Gasteiger partial charge in [0.2, 0.25) is 0 Å². The van der Waals surface area contributed by atoms with Gasteiger partial charge in [-0.1, -0.05) is 74.5 Å². The predicted octanol–water partition coefficient (Wildman–Crippen LogP) is 3.88. The third-order valence-electron chi connectivity index (χ3n) is 5.04. The summed E-state index contributed by atoms with van der Waals surface area (Å²) in [6.07, 6.45) is 1.22. The summed E-state index contributed by atoms with van der Waals surface area (Å²) < 4.78 is 16.2. The van der Waals surface area contributed by atoms with Gasteiger partial charge in [-0.2, -0.15) is 0 Å². The van der Waals surface area contributed by atoms with E-state index in [1.54, 1.807) is 0 Å². The van der Waals surface area contributed by atoms with Crippen LogP contribution in [0, 0.1) is 5.92 Å². The normalized spacial score (nSPS) is 18.5. The molecule has 1 heterocycles. The number of alkyl carbamates (subject to hydrolysis) is 1. The first kappa shape index (κ1) is 21.8. The number of esters is 1. The number of benzene rings is 2. The Morgan fingerprint density at radius 3 is 2.20 bits per heavy atom. The van der Waals surface area contributed by atoms with E-state index in [0.717, 1.165) is 18.4 Å². The monoisotopic (exact) mass is 411 g/mol. The van der Waals surface area contributed by atoms with Gasteiger partial charge in [-0.05, 0) is 29.9 Å². The summed E-state index contributed by atoms with van der Waals surface area (Å²) in [6.45, 7) is 4.03. The average Bonchev–Trinajstić information content (AvgIpc) is 3.52. The fraction of sp³-hybridized carbons (Fsp3) is 0.417. The number of carbonyl (C=O) groups excluding carboxylic acids is 2. The highest BCUT2D eigenvalue weighted by molar-refractivity contribution is 5.81. The molecule has 0 spiro atoms. The molecule has 2 aromatic carbocycles. The number of carbonyl (C=O) groups is 2. The fourth-order valence-corrected chi connectivity index (χ4v) is 3.18. The third kappa shape index (κ3) is 6.88. The lowest BCUT2D eigenvalue weighted by Gasteiger charge is -2.20. The Kier molecular flexibility index (Phi) is 7.85. The maximum absolute atomic E-state index is 12.5. The molecule has 3 rings (SSSR count). The molecule has 0 aromatic heterocycles. The largest absolute Gasteiger partial charge is 0.461 e. The van der Waals surface area contributed by atoms with Gasteiger partial charge in [-0.25, -0.2) is 9.59 Å². The van der Waals surface area contributed by atoms with Crippen molar-refractivity contribution in [2.45, 2.75) is 51.5 Å². The van der Waals surface area contributed by atoms with E-state index >= 15 is 0 Å². The molecule has 30 heavy (non-hydrogen) atoms. The Morgan fingerprint density at radius 2 is 1.57 bits per heavy atom. The second-order valence-electron chi connectivity index (χ2n) is 7.80. The number of hydrogen-bond donors (Lipinski definition) is 1. The quantitative estimate of drug-likeness (QED) is 0.474. The molecule has 1 fully saturated rings. The SMILES string of the molecule is CC(C)[C@H](NC(=O)OCc1ccccc1)C(=O)OC[C@H]1O[C@H]1CCc1ccccc1. The molecule has 1 aliphatic rings. The topological polar surface area (TPSA) is 77.2 Å². The second kappa shape index (κ2) is 10.8. The summed E-state index contributed by atoms with van der Waals surface area (Å²) in [4.78, 5) is 24.6.